The van der Waals surface area contributed by atoms with Gasteiger partial charge in [0, 0.05) is 11.8 Å². The molecule has 0 fully saturated rings. The highest BCUT2D eigenvalue weighted by Gasteiger charge is 1.97. The highest BCUT2D eigenvalue weighted by Crippen LogP contribution is 2.22. The van der Waals surface area contributed by atoms with E-state index in [1.165, 1.54) is 0 Å². The number of nitrogens with zero attached hydrogens (tertiary/aromatic N) is 1. The summed E-state index contributed by atoms with van der Waals surface area (Å²) in [5.74, 6) is 1.37. The van der Waals surface area contributed by atoms with Crippen LogP contribution in [0.15, 0.2) is 48.5 Å². The molecule has 3 nitrogen and oxygen atoms in total. The fourth-order valence-electron chi connectivity index (χ4n) is 1.31. The van der Waals surface area contributed by atoms with Gasteiger partial charge in [0.15, 0.2) is 0 Å². The third-order valence-electron chi connectivity index (χ3n) is 2.08. The Bertz CT molecular complexity index is 526. The lowest BCUT2D eigenvalue weighted by Crippen LogP contribution is -1.87. The van der Waals surface area contributed by atoms with E-state index in [9.17, 15) is 0 Å². The Morgan fingerprint density at radius 3 is 2.38 bits per heavy atom. The maximum atomic E-state index is 8.65. The van der Waals surface area contributed by atoms with Gasteiger partial charge >= 0.3 is 0 Å². The van der Waals surface area contributed by atoms with E-state index >= 15 is 0 Å². The van der Waals surface area contributed by atoms with Gasteiger partial charge in [0.2, 0.25) is 0 Å². The number of nitrogen functional groups attached to an aromatic ring is 1. The lowest BCUT2D eigenvalue weighted by Gasteiger charge is -2.05. The second kappa shape index (κ2) is 4.37. The van der Waals surface area contributed by atoms with Gasteiger partial charge < -0.3 is 10.5 Å². The molecule has 0 aliphatic heterocycles. The molecule has 0 spiro atoms. The zero-order valence-corrected chi connectivity index (χ0v) is 8.55. The van der Waals surface area contributed by atoms with Gasteiger partial charge in [-0.15, -0.1) is 0 Å². The Morgan fingerprint density at radius 2 is 1.75 bits per heavy atom. The van der Waals surface area contributed by atoms with Crippen molar-refractivity contribution >= 4 is 5.69 Å². The van der Waals surface area contributed by atoms with Crippen molar-refractivity contribution in [2.24, 2.45) is 0 Å². The maximum absolute atomic E-state index is 8.65. The predicted octanol–water partition coefficient (Wildman–Crippen LogP) is 2.93. The van der Waals surface area contributed by atoms with Crippen LogP contribution in [0.25, 0.3) is 0 Å². The van der Waals surface area contributed by atoms with E-state index in [1.54, 1.807) is 36.4 Å². The summed E-state index contributed by atoms with van der Waals surface area (Å²) in [6.07, 6.45) is 0. The Morgan fingerprint density at radius 1 is 1.00 bits per heavy atom. The summed E-state index contributed by atoms with van der Waals surface area (Å²) in [7, 11) is 0. The van der Waals surface area contributed by atoms with Crippen molar-refractivity contribution in [3.05, 3.63) is 54.1 Å². The first kappa shape index (κ1) is 10.1. The van der Waals surface area contributed by atoms with Crippen molar-refractivity contribution in [2.45, 2.75) is 0 Å². The molecule has 2 N–H and O–H groups in total. The van der Waals surface area contributed by atoms with E-state index in [-0.39, 0.29) is 0 Å². The number of anilines is 1. The molecule has 0 aromatic heterocycles. The zero-order chi connectivity index (χ0) is 11.4. The first-order chi connectivity index (χ1) is 7.78. The van der Waals surface area contributed by atoms with E-state index in [0.29, 0.717) is 22.7 Å². The van der Waals surface area contributed by atoms with Gasteiger partial charge in [-0.05, 0) is 36.4 Å². The SMILES string of the molecule is N#Cc1ccc(Oc2cccc(N)c2)cc1. The van der Waals surface area contributed by atoms with Crippen LogP contribution in [0.4, 0.5) is 5.69 Å². The number of rotatable bonds is 2. The Balaban J connectivity index is 2.18. The van der Waals surface area contributed by atoms with Crippen LogP contribution in [0.2, 0.25) is 0 Å². The van der Waals surface area contributed by atoms with Crippen LogP contribution >= 0.6 is 0 Å². The monoisotopic (exact) mass is 210 g/mol. The minimum Gasteiger partial charge on any atom is -0.457 e. The zero-order valence-electron chi connectivity index (χ0n) is 8.55. The first-order valence-corrected chi connectivity index (χ1v) is 4.81. The lowest BCUT2D eigenvalue weighted by atomic mass is 10.2. The van der Waals surface area contributed by atoms with Crippen LogP contribution in [0, 0.1) is 11.3 Å². The van der Waals surface area contributed by atoms with Crippen LogP contribution in [-0.2, 0) is 0 Å². The normalized spacial score (nSPS) is 9.44. The molecule has 0 aliphatic rings. The molecular weight excluding hydrogens is 200 g/mol. The fraction of sp³-hybridized carbons (Fsp3) is 0. The molecule has 0 heterocycles. The number of nitrogens with two attached hydrogens (primary N) is 1. The van der Waals surface area contributed by atoms with Gasteiger partial charge in [0.25, 0.3) is 0 Å². The average Bonchev–Trinajstić information content (AvgIpc) is 2.30. The summed E-state index contributed by atoms with van der Waals surface area (Å²) in [4.78, 5) is 0. The fourth-order valence-corrected chi connectivity index (χ4v) is 1.31. The second-order valence-electron chi connectivity index (χ2n) is 3.31. The van der Waals surface area contributed by atoms with E-state index in [4.69, 9.17) is 15.7 Å². The highest BCUT2D eigenvalue weighted by atomic mass is 16.5. The van der Waals surface area contributed by atoms with E-state index in [0.717, 1.165) is 0 Å². The first-order valence-electron chi connectivity index (χ1n) is 4.81. The number of benzene rings is 2. The van der Waals surface area contributed by atoms with Crippen LogP contribution in [0.1, 0.15) is 5.56 Å². The summed E-state index contributed by atoms with van der Waals surface area (Å²) >= 11 is 0. The summed E-state index contributed by atoms with van der Waals surface area (Å²) in [5.41, 5.74) is 6.90. The predicted molar refractivity (Wildman–Crippen MR) is 62.1 cm³/mol. The Kier molecular flexibility index (Phi) is 2.75. The largest absolute Gasteiger partial charge is 0.457 e. The number of hydrogen-bond donors (Lipinski definition) is 1. The topological polar surface area (TPSA) is 59.0 Å². The molecule has 0 unspecified atom stereocenters. The molecule has 0 radical (unpaired) electrons. The minimum absolute atomic E-state index is 0.611. The highest BCUT2D eigenvalue weighted by molar-refractivity contribution is 5.45. The number of nitriles is 1. The van der Waals surface area contributed by atoms with Crippen molar-refractivity contribution in [3.63, 3.8) is 0 Å². The maximum Gasteiger partial charge on any atom is 0.129 e. The molecule has 2 aromatic carbocycles. The van der Waals surface area contributed by atoms with Crippen LogP contribution in [0.3, 0.4) is 0 Å². The minimum atomic E-state index is 0.611. The third-order valence-corrected chi connectivity index (χ3v) is 2.08. The van der Waals surface area contributed by atoms with Crippen molar-refractivity contribution in [1.82, 2.24) is 0 Å². The molecule has 0 atom stereocenters. The van der Waals surface area contributed by atoms with E-state index < -0.39 is 0 Å². The standard InChI is InChI=1S/C13H10N2O/c14-9-10-4-6-12(7-5-10)16-13-3-1-2-11(15)8-13/h1-8H,15H2. The van der Waals surface area contributed by atoms with Crippen molar-refractivity contribution in [2.75, 3.05) is 5.73 Å². The third kappa shape index (κ3) is 2.31. The van der Waals surface area contributed by atoms with Gasteiger partial charge in [-0.25, -0.2) is 0 Å². The molecule has 0 saturated heterocycles. The molecule has 16 heavy (non-hydrogen) atoms. The quantitative estimate of drug-likeness (QED) is 0.775. The molecule has 78 valence electrons. The van der Waals surface area contributed by atoms with Gasteiger partial charge in [0.1, 0.15) is 11.5 Å². The van der Waals surface area contributed by atoms with E-state index in [1.807, 2.05) is 12.1 Å². The molecule has 2 aromatic rings. The Hall–Kier alpha value is -2.47. The van der Waals surface area contributed by atoms with Gasteiger partial charge in [-0.3, -0.25) is 0 Å². The van der Waals surface area contributed by atoms with Gasteiger partial charge in [-0.1, -0.05) is 6.07 Å². The number of ether oxygens (including phenoxy) is 1. The van der Waals surface area contributed by atoms with Crippen molar-refractivity contribution < 1.29 is 4.74 Å². The molecule has 0 saturated carbocycles. The van der Waals surface area contributed by atoms with Gasteiger partial charge in [-0.2, -0.15) is 5.26 Å². The molecule has 0 amide bonds. The molecule has 2 rings (SSSR count). The van der Waals surface area contributed by atoms with Crippen molar-refractivity contribution in [3.8, 4) is 17.6 Å². The average molecular weight is 210 g/mol. The molecule has 0 aliphatic carbocycles. The summed E-state index contributed by atoms with van der Waals surface area (Å²) in [5, 5.41) is 8.65. The van der Waals surface area contributed by atoms with Crippen molar-refractivity contribution in [1.29, 1.82) is 5.26 Å². The van der Waals surface area contributed by atoms with Crippen LogP contribution < -0.4 is 10.5 Å². The van der Waals surface area contributed by atoms with Gasteiger partial charge in [0.05, 0.1) is 11.6 Å². The molecular formula is C13H10N2O. The van der Waals surface area contributed by atoms with Crippen LogP contribution in [-0.4, -0.2) is 0 Å². The van der Waals surface area contributed by atoms with Crippen LogP contribution in [0.5, 0.6) is 11.5 Å². The Labute approximate surface area is 93.7 Å². The summed E-state index contributed by atoms with van der Waals surface area (Å²) in [6.45, 7) is 0. The smallest absolute Gasteiger partial charge is 0.129 e. The number of hydrogen-bond acceptors (Lipinski definition) is 3. The van der Waals surface area contributed by atoms with E-state index in [2.05, 4.69) is 6.07 Å². The second-order valence-corrected chi connectivity index (χ2v) is 3.31. The molecule has 0 bridgehead atoms. The summed E-state index contributed by atoms with van der Waals surface area (Å²) in [6, 6.07) is 16.2. The lowest BCUT2D eigenvalue weighted by molar-refractivity contribution is 0.483. The summed E-state index contributed by atoms with van der Waals surface area (Å²) < 4.78 is 5.57. The molecule has 3 heteroatoms.